The summed E-state index contributed by atoms with van der Waals surface area (Å²) in [4.78, 5) is 29.5. The van der Waals surface area contributed by atoms with Gasteiger partial charge in [0.15, 0.2) is 0 Å². The van der Waals surface area contributed by atoms with E-state index < -0.39 is 5.95 Å². The maximum Gasteiger partial charge on any atom is 0.262 e. The van der Waals surface area contributed by atoms with Crippen molar-refractivity contribution in [2.45, 2.75) is 38.6 Å². The molecule has 3 heterocycles. The van der Waals surface area contributed by atoms with Gasteiger partial charge in [-0.15, -0.1) is 0 Å². The van der Waals surface area contributed by atoms with E-state index in [0.29, 0.717) is 28.0 Å². The molecule has 0 aliphatic heterocycles. The van der Waals surface area contributed by atoms with E-state index in [1.807, 2.05) is 29.7 Å². The van der Waals surface area contributed by atoms with E-state index in [-0.39, 0.29) is 23.4 Å². The minimum Gasteiger partial charge on any atom is -0.352 e. The number of halogens is 2. The molecule has 1 aliphatic carbocycles. The number of rotatable bonds is 4. The maximum atomic E-state index is 13.6. The molecule has 9 heteroatoms. The van der Waals surface area contributed by atoms with Crippen molar-refractivity contribution >= 4 is 39.3 Å². The number of nitrogens with one attached hydrogen (secondary N) is 2. The van der Waals surface area contributed by atoms with E-state index in [9.17, 15) is 14.0 Å². The highest BCUT2D eigenvalue weighted by Crippen LogP contribution is 2.36. The van der Waals surface area contributed by atoms with Gasteiger partial charge in [-0.25, -0.2) is 4.98 Å². The van der Waals surface area contributed by atoms with Crippen molar-refractivity contribution in [3.63, 3.8) is 0 Å². The lowest BCUT2D eigenvalue weighted by Gasteiger charge is -2.31. The van der Waals surface area contributed by atoms with E-state index in [0.717, 1.165) is 42.3 Å². The molecule has 2 atom stereocenters. The highest BCUT2D eigenvalue weighted by Gasteiger charge is 2.28. The zero-order chi connectivity index (χ0) is 23.1. The van der Waals surface area contributed by atoms with E-state index in [4.69, 9.17) is 11.6 Å². The Morgan fingerprint density at radius 2 is 2.12 bits per heavy atom. The Balaban J connectivity index is 1.44. The van der Waals surface area contributed by atoms with Crippen molar-refractivity contribution < 1.29 is 9.18 Å². The molecule has 170 valence electrons. The number of hydrogen-bond acceptors (Lipinski definition) is 4. The zero-order valence-electron chi connectivity index (χ0n) is 18.1. The summed E-state index contributed by atoms with van der Waals surface area (Å²) in [5.41, 5.74) is 2.35. The number of H-pyrrole nitrogens is 1. The molecule has 0 radical (unpaired) electrons. The van der Waals surface area contributed by atoms with Crippen molar-refractivity contribution in [3.8, 4) is 0 Å². The van der Waals surface area contributed by atoms with Gasteiger partial charge in [-0.1, -0.05) is 24.1 Å². The molecule has 2 N–H and O–H groups in total. The fourth-order valence-electron chi connectivity index (χ4n) is 4.94. The molecule has 1 fully saturated rings. The van der Waals surface area contributed by atoms with E-state index in [1.165, 1.54) is 18.3 Å². The van der Waals surface area contributed by atoms with Gasteiger partial charge in [0, 0.05) is 29.9 Å². The third-order valence-electron chi connectivity index (χ3n) is 6.53. The largest absolute Gasteiger partial charge is 0.352 e. The molecule has 7 nitrogen and oxygen atoms in total. The standard InChI is InChI=1S/C24H23ClFN5O2/c1-13-20-22(30-29-13)21-17(25)6-3-7-18(21)31(24(20)33)16-5-2-4-14(10-16)11-28-23(32)15-8-9-19(26)27-12-15/h3,6-9,12,14,16H,2,4-5,10-11H2,1H3,(H,28,32)(H,29,30). The number of hydrogen-bond donors (Lipinski definition) is 2. The first-order valence-corrected chi connectivity index (χ1v) is 11.4. The number of aromatic amines is 1. The van der Waals surface area contributed by atoms with Crippen LogP contribution in [-0.4, -0.2) is 32.2 Å². The number of carbonyl (C=O) groups is 1. The van der Waals surface area contributed by atoms with Crippen LogP contribution in [0.15, 0.2) is 41.3 Å². The SMILES string of the molecule is Cc1[nH]nc2c1c(=O)n(C1CCCC(CNC(=O)c3ccc(F)nc3)C1)c1cccc(Cl)c21. The van der Waals surface area contributed by atoms with Crippen LogP contribution in [0.25, 0.3) is 21.8 Å². The van der Waals surface area contributed by atoms with E-state index >= 15 is 0 Å². The lowest BCUT2D eigenvalue weighted by atomic mass is 9.85. The Hall–Kier alpha value is -3.26. The Kier molecular flexibility index (Phi) is 5.62. The van der Waals surface area contributed by atoms with Crippen LogP contribution in [0.3, 0.4) is 0 Å². The third kappa shape index (κ3) is 3.88. The van der Waals surface area contributed by atoms with Crippen molar-refractivity contribution in [1.82, 2.24) is 25.1 Å². The Morgan fingerprint density at radius 3 is 2.91 bits per heavy atom. The van der Waals surface area contributed by atoms with Gasteiger partial charge >= 0.3 is 0 Å². The van der Waals surface area contributed by atoms with Gasteiger partial charge in [-0.3, -0.25) is 14.7 Å². The normalized spacial score (nSPS) is 18.6. The molecule has 1 aromatic carbocycles. The summed E-state index contributed by atoms with van der Waals surface area (Å²) < 4.78 is 14.9. The van der Waals surface area contributed by atoms with Crippen LogP contribution in [0, 0.1) is 18.8 Å². The quantitative estimate of drug-likeness (QED) is 0.431. The van der Waals surface area contributed by atoms with Crippen LogP contribution >= 0.6 is 11.6 Å². The second kappa shape index (κ2) is 8.59. The fraction of sp³-hybridized carbons (Fsp3) is 0.333. The van der Waals surface area contributed by atoms with Gasteiger partial charge in [0.05, 0.1) is 21.5 Å². The molecule has 3 aromatic heterocycles. The first-order chi connectivity index (χ1) is 15.9. The van der Waals surface area contributed by atoms with Crippen LogP contribution in [0.1, 0.15) is 47.8 Å². The number of benzene rings is 1. The number of aryl methyl sites for hydroxylation is 1. The highest BCUT2D eigenvalue weighted by atomic mass is 35.5. The number of carbonyl (C=O) groups excluding carboxylic acids is 1. The molecule has 2 unspecified atom stereocenters. The van der Waals surface area contributed by atoms with Gasteiger partial charge in [-0.05, 0) is 56.4 Å². The minimum absolute atomic E-state index is 0.0136. The Bertz CT molecular complexity index is 1410. The molecule has 0 saturated heterocycles. The average Bonchev–Trinajstić information content (AvgIpc) is 3.20. The van der Waals surface area contributed by atoms with Crippen LogP contribution in [0.2, 0.25) is 5.02 Å². The lowest BCUT2D eigenvalue weighted by Crippen LogP contribution is -2.34. The smallest absolute Gasteiger partial charge is 0.262 e. The summed E-state index contributed by atoms with van der Waals surface area (Å²) in [5, 5.41) is 12.1. The molecule has 0 bridgehead atoms. The van der Waals surface area contributed by atoms with E-state index in [1.54, 1.807) is 0 Å². The van der Waals surface area contributed by atoms with Crippen molar-refractivity contribution in [1.29, 1.82) is 0 Å². The summed E-state index contributed by atoms with van der Waals surface area (Å²) in [5.74, 6) is -0.692. The number of aromatic nitrogens is 4. The highest BCUT2D eigenvalue weighted by molar-refractivity contribution is 6.37. The summed E-state index contributed by atoms with van der Waals surface area (Å²) in [6.45, 7) is 2.32. The molecule has 4 aromatic rings. The topological polar surface area (TPSA) is 92.7 Å². The first-order valence-electron chi connectivity index (χ1n) is 11.0. The predicted molar refractivity (Wildman–Crippen MR) is 125 cm³/mol. The Morgan fingerprint density at radius 1 is 1.27 bits per heavy atom. The molecule has 1 amide bonds. The van der Waals surface area contributed by atoms with E-state index in [2.05, 4.69) is 20.5 Å². The summed E-state index contributed by atoms with van der Waals surface area (Å²) >= 11 is 6.54. The fourth-order valence-corrected chi connectivity index (χ4v) is 5.20. The van der Waals surface area contributed by atoms with Crippen molar-refractivity contribution in [3.05, 3.63) is 69.1 Å². The zero-order valence-corrected chi connectivity index (χ0v) is 18.8. The third-order valence-corrected chi connectivity index (χ3v) is 6.84. The molecule has 1 saturated carbocycles. The molecule has 1 aliphatic rings. The van der Waals surface area contributed by atoms with Crippen molar-refractivity contribution in [2.24, 2.45) is 5.92 Å². The van der Waals surface area contributed by atoms with Crippen LogP contribution in [-0.2, 0) is 0 Å². The summed E-state index contributed by atoms with van der Waals surface area (Å²) in [6, 6.07) is 8.15. The summed E-state index contributed by atoms with van der Waals surface area (Å²) in [7, 11) is 0. The van der Waals surface area contributed by atoms with Gasteiger partial charge in [-0.2, -0.15) is 9.49 Å². The minimum atomic E-state index is -0.621. The summed E-state index contributed by atoms with van der Waals surface area (Å²) in [6.07, 6.45) is 4.76. The van der Waals surface area contributed by atoms with Crippen LogP contribution in [0.4, 0.5) is 4.39 Å². The van der Waals surface area contributed by atoms with Crippen LogP contribution in [0.5, 0.6) is 0 Å². The van der Waals surface area contributed by atoms with Gasteiger partial charge in [0.2, 0.25) is 5.95 Å². The average molecular weight is 468 g/mol. The van der Waals surface area contributed by atoms with Gasteiger partial charge in [0.25, 0.3) is 11.5 Å². The van der Waals surface area contributed by atoms with Gasteiger partial charge in [0.1, 0.15) is 5.52 Å². The molecule has 0 spiro atoms. The molecular weight excluding hydrogens is 445 g/mol. The maximum absolute atomic E-state index is 13.6. The second-order valence-electron chi connectivity index (χ2n) is 8.65. The second-order valence-corrected chi connectivity index (χ2v) is 9.05. The Labute approximate surface area is 194 Å². The number of nitrogens with zero attached hydrogens (tertiary/aromatic N) is 3. The van der Waals surface area contributed by atoms with Gasteiger partial charge < -0.3 is 9.88 Å². The van der Waals surface area contributed by atoms with Crippen LogP contribution < -0.4 is 10.9 Å². The molecular formula is C24H23ClFN5O2. The number of pyridine rings is 2. The first kappa shape index (κ1) is 21.6. The molecule has 33 heavy (non-hydrogen) atoms. The number of amides is 1. The lowest BCUT2D eigenvalue weighted by molar-refractivity contribution is 0.0940. The predicted octanol–water partition coefficient (Wildman–Crippen LogP) is 4.54. The van der Waals surface area contributed by atoms with Crippen molar-refractivity contribution in [2.75, 3.05) is 6.54 Å². The number of fused-ring (bicyclic) bond motifs is 3. The monoisotopic (exact) mass is 467 g/mol. The molecule has 5 rings (SSSR count).